The van der Waals surface area contributed by atoms with Crippen molar-refractivity contribution >= 4 is 46.4 Å². The van der Waals surface area contributed by atoms with Gasteiger partial charge in [-0.05, 0) is 57.0 Å². The Bertz CT molecular complexity index is 932. The standard InChI is InChI=1S/C23H27Cl2N3O3/c1-15(26-23(30)16(2)31-20-10-6-9-19(24)22(20)25)13-21(29)27-17-7-5-8-18(14-17)28-11-3-4-12-28/h5-10,14-16H,3-4,11-13H2,1-2H3,(H,26,30)(H,27,29). The fourth-order valence-corrected chi connectivity index (χ4v) is 3.81. The number of hydrogen-bond donors (Lipinski definition) is 2. The fourth-order valence-electron chi connectivity index (χ4n) is 3.48. The van der Waals surface area contributed by atoms with Gasteiger partial charge in [0.25, 0.3) is 5.91 Å². The van der Waals surface area contributed by atoms with Gasteiger partial charge in [0.15, 0.2) is 6.10 Å². The third-order valence-electron chi connectivity index (χ3n) is 5.07. The summed E-state index contributed by atoms with van der Waals surface area (Å²) in [5.74, 6) is -0.176. The van der Waals surface area contributed by atoms with Gasteiger partial charge in [0.1, 0.15) is 10.8 Å². The summed E-state index contributed by atoms with van der Waals surface area (Å²) in [5, 5.41) is 6.32. The molecule has 0 aromatic heterocycles. The van der Waals surface area contributed by atoms with Gasteiger partial charge in [0.2, 0.25) is 5.91 Å². The molecule has 2 aromatic carbocycles. The molecule has 2 amide bonds. The molecule has 3 rings (SSSR count). The van der Waals surface area contributed by atoms with Gasteiger partial charge < -0.3 is 20.3 Å². The Hall–Kier alpha value is -2.44. The van der Waals surface area contributed by atoms with Gasteiger partial charge in [-0.1, -0.05) is 35.3 Å². The van der Waals surface area contributed by atoms with E-state index in [4.69, 9.17) is 27.9 Å². The minimum absolute atomic E-state index is 0.143. The van der Waals surface area contributed by atoms with Crippen LogP contribution in [0.5, 0.6) is 5.75 Å². The summed E-state index contributed by atoms with van der Waals surface area (Å²) in [7, 11) is 0. The molecule has 31 heavy (non-hydrogen) atoms. The lowest BCUT2D eigenvalue weighted by molar-refractivity contribution is -0.128. The number of benzene rings is 2. The van der Waals surface area contributed by atoms with Gasteiger partial charge >= 0.3 is 0 Å². The largest absolute Gasteiger partial charge is 0.479 e. The Morgan fingerprint density at radius 2 is 1.81 bits per heavy atom. The number of halogens is 2. The number of amides is 2. The number of anilines is 2. The minimum atomic E-state index is -0.793. The van der Waals surface area contributed by atoms with E-state index >= 15 is 0 Å². The molecule has 2 N–H and O–H groups in total. The van der Waals surface area contributed by atoms with Gasteiger partial charge in [-0.3, -0.25) is 9.59 Å². The highest BCUT2D eigenvalue weighted by molar-refractivity contribution is 6.42. The summed E-state index contributed by atoms with van der Waals surface area (Å²) in [5.41, 5.74) is 1.86. The van der Waals surface area contributed by atoms with Gasteiger partial charge in [-0.25, -0.2) is 0 Å². The third-order valence-corrected chi connectivity index (χ3v) is 5.87. The van der Waals surface area contributed by atoms with Crippen molar-refractivity contribution in [3.05, 3.63) is 52.5 Å². The molecular formula is C23H27Cl2N3O3. The van der Waals surface area contributed by atoms with Crippen molar-refractivity contribution in [3.63, 3.8) is 0 Å². The van der Waals surface area contributed by atoms with Gasteiger partial charge in [-0.15, -0.1) is 0 Å². The molecule has 0 radical (unpaired) electrons. The predicted octanol–water partition coefficient (Wildman–Crippen LogP) is 4.89. The van der Waals surface area contributed by atoms with Crippen LogP contribution in [0.2, 0.25) is 10.0 Å². The van der Waals surface area contributed by atoms with E-state index < -0.39 is 6.10 Å². The Kier molecular flexibility index (Phi) is 8.04. The summed E-state index contributed by atoms with van der Waals surface area (Å²) in [4.78, 5) is 27.2. The number of carbonyl (C=O) groups is 2. The number of ether oxygens (including phenoxy) is 1. The first-order valence-corrected chi connectivity index (χ1v) is 11.1. The maximum absolute atomic E-state index is 12.4. The third kappa shape index (κ3) is 6.52. The number of nitrogens with zero attached hydrogens (tertiary/aromatic N) is 1. The fraction of sp³-hybridized carbons (Fsp3) is 0.391. The molecule has 0 aliphatic carbocycles. The maximum Gasteiger partial charge on any atom is 0.260 e. The van der Waals surface area contributed by atoms with Crippen LogP contribution >= 0.6 is 23.2 Å². The van der Waals surface area contributed by atoms with Crippen LogP contribution in [0.1, 0.15) is 33.1 Å². The topological polar surface area (TPSA) is 70.7 Å². The molecule has 2 aromatic rings. The zero-order valence-corrected chi connectivity index (χ0v) is 19.2. The van der Waals surface area contributed by atoms with E-state index in [1.165, 1.54) is 12.8 Å². The molecule has 0 bridgehead atoms. The molecule has 1 aliphatic rings. The molecule has 0 saturated carbocycles. The highest BCUT2D eigenvalue weighted by atomic mass is 35.5. The second-order valence-corrected chi connectivity index (χ2v) is 8.50. The molecule has 0 spiro atoms. The molecule has 8 heteroatoms. The SMILES string of the molecule is CC(CC(=O)Nc1cccc(N2CCCC2)c1)NC(=O)C(C)Oc1cccc(Cl)c1Cl. The Balaban J connectivity index is 1.48. The van der Waals surface area contributed by atoms with E-state index in [0.717, 1.165) is 24.5 Å². The maximum atomic E-state index is 12.4. The average molecular weight is 464 g/mol. The average Bonchev–Trinajstić information content (AvgIpc) is 3.26. The molecule has 6 nitrogen and oxygen atoms in total. The molecule has 1 fully saturated rings. The number of hydrogen-bond acceptors (Lipinski definition) is 4. The Morgan fingerprint density at radius 1 is 1.10 bits per heavy atom. The summed E-state index contributed by atoms with van der Waals surface area (Å²) in [6.45, 7) is 5.47. The van der Waals surface area contributed by atoms with Crippen molar-refractivity contribution in [2.75, 3.05) is 23.3 Å². The summed E-state index contributed by atoms with van der Waals surface area (Å²) < 4.78 is 5.62. The van der Waals surface area contributed by atoms with E-state index in [9.17, 15) is 9.59 Å². The van der Waals surface area contributed by atoms with Crippen molar-refractivity contribution in [1.29, 1.82) is 0 Å². The minimum Gasteiger partial charge on any atom is -0.479 e. The lowest BCUT2D eigenvalue weighted by Crippen LogP contribution is -2.42. The zero-order chi connectivity index (χ0) is 22.4. The van der Waals surface area contributed by atoms with Crippen LogP contribution in [0.4, 0.5) is 11.4 Å². The van der Waals surface area contributed by atoms with Crippen molar-refractivity contribution in [3.8, 4) is 5.75 Å². The molecule has 166 valence electrons. The van der Waals surface area contributed by atoms with Crippen molar-refractivity contribution in [1.82, 2.24) is 5.32 Å². The Labute approximate surface area is 192 Å². The Morgan fingerprint density at radius 3 is 2.55 bits per heavy atom. The highest BCUT2D eigenvalue weighted by Crippen LogP contribution is 2.32. The van der Waals surface area contributed by atoms with E-state index in [-0.39, 0.29) is 29.3 Å². The van der Waals surface area contributed by atoms with Crippen LogP contribution in [-0.4, -0.2) is 37.0 Å². The van der Waals surface area contributed by atoms with Crippen molar-refractivity contribution in [2.45, 2.75) is 45.3 Å². The quantitative estimate of drug-likeness (QED) is 0.584. The van der Waals surface area contributed by atoms with E-state index in [2.05, 4.69) is 21.6 Å². The van der Waals surface area contributed by atoms with Crippen LogP contribution in [0.25, 0.3) is 0 Å². The summed E-state index contributed by atoms with van der Waals surface area (Å²) in [6.07, 6.45) is 1.74. The lowest BCUT2D eigenvalue weighted by atomic mass is 10.2. The van der Waals surface area contributed by atoms with Gasteiger partial charge in [0, 0.05) is 36.9 Å². The molecular weight excluding hydrogens is 437 g/mol. The van der Waals surface area contributed by atoms with Crippen LogP contribution in [0.15, 0.2) is 42.5 Å². The molecule has 1 heterocycles. The zero-order valence-electron chi connectivity index (χ0n) is 17.7. The second-order valence-electron chi connectivity index (χ2n) is 7.72. The smallest absolute Gasteiger partial charge is 0.260 e. The number of nitrogens with one attached hydrogen (secondary N) is 2. The normalized spacial score (nSPS) is 15.3. The lowest BCUT2D eigenvalue weighted by Gasteiger charge is -2.20. The monoisotopic (exact) mass is 463 g/mol. The first-order chi connectivity index (χ1) is 14.8. The molecule has 2 unspecified atom stereocenters. The van der Waals surface area contributed by atoms with Crippen LogP contribution in [0.3, 0.4) is 0 Å². The van der Waals surface area contributed by atoms with Crippen molar-refractivity contribution in [2.24, 2.45) is 0 Å². The van der Waals surface area contributed by atoms with Crippen LogP contribution < -0.4 is 20.3 Å². The van der Waals surface area contributed by atoms with Crippen LogP contribution in [0, 0.1) is 0 Å². The van der Waals surface area contributed by atoms with Gasteiger partial charge in [0.05, 0.1) is 5.02 Å². The molecule has 1 saturated heterocycles. The predicted molar refractivity (Wildman–Crippen MR) is 125 cm³/mol. The van der Waals surface area contributed by atoms with E-state index in [1.807, 2.05) is 18.2 Å². The van der Waals surface area contributed by atoms with E-state index in [1.54, 1.807) is 32.0 Å². The van der Waals surface area contributed by atoms with Crippen molar-refractivity contribution < 1.29 is 14.3 Å². The summed E-state index contributed by atoms with van der Waals surface area (Å²) >= 11 is 12.1. The van der Waals surface area contributed by atoms with Gasteiger partial charge in [-0.2, -0.15) is 0 Å². The van der Waals surface area contributed by atoms with Crippen LogP contribution in [-0.2, 0) is 9.59 Å². The summed E-state index contributed by atoms with van der Waals surface area (Å²) in [6, 6.07) is 12.5. The molecule has 1 aliphatic heterocycles. The van der Waals surface area contributed by atoms with E-state index in [0.29, 0.717) is 10.8 Å². The molecule has 2 atom stereocenters. The number of rotatable bonds is 8. The first-order valence-electron chi connectivity index (χ1n) is 10.4. The number of carbonyl (C=O) groups excluding carboxylic acids is 2. The highest BCUT2D eigenvalue weighted by Gasteiger charge is 2.20. The first kappa shape index (κ1) is 23.2. The second kappa shape index (κ2) is 10.7.